The number of hydrogen-bond acceptors (Lipinski definition) is 4. The van der Waals surface area contributed by atoms with Gasteiger partial charge >= 0.3 is 0 Å². The minimum atomic E-state index is -0.511. The normalized spacial score (nSPS) is 12.4. The van der Waals surface area contributed by atoms with Crippen molar-refractivity contribution in [2.24, 2.45) is 0 Å². The molecule has 160 valence electrons. The molecule has 0 amide bonds. The van der Waals surface area contributed by atoms with Crippen LogP contribution in [0.1, 0.15) is 29.8 Å². The van der Waals surface area contributed by atoms with Gasteiger partial charge in [0.15, 0.2) is 11.5 Å². The highest BCUT2D eigenvalue weighted by Gasteiger charge is 2.19. The van der Waals surface area contributed by atoms with Crippen molar-refractivity contribution < 1.29 is 13.5 Å². The Morgan fingerprint density at radius 1 is 0.969 bits per heavy atom. The van der Waals surface area contributed by atoms with Gasteiger partial charge in [0.05, 0.1) is 18.8 Å². The van der Waals surface area contributed by atoms with Gasteiger partial charge in [0.1, 0.15) is 17.4 Å². The molecule has 0 saturated carbocycles. The molecule has 5 nitrogen and oxygen atoms in total. The van der Waals surface area contributed by atoms with Crippen LogP contribution < -0.4 is 4.74 Å². The number of benzene rings is 2. The molecule has 0 aliphatic rings. The molecule has 0 saturated heterocycles. The van der Waals surface area contributed by atoms with E-state index in [1.807, 2.05) is 37.3 Å². The summed E-state index contributed by atoms with van der Waals surface area (Å²) in [5.41, 5.74) is 3.88. The molecule has 0 spiro atoms. The zero-order valence-electron chi connectivity index (χ0n) is 17.8. The van der Waals surface area contributed by atoms with Gasteiger partial charge in [-0.05, 0) is 60.0 Å². The maximum atomic E-state index is 14.9. The minimum absolute atomic E-state index is 0.132. The van der Waals surface area contributed by atoms with Gasteiger partial charge in [-0.25, -0.2) is 8.78 Å². The van der Waals surface area contributed by atoms with Crippen LogP contribution in [0.15, 0.2) is 60.9 Å². The molecule has 0 radical (unpaired) electrons. The number of aromatic nitrogens is 4. The number of pyridine rings is 2. The molecule has 3 aromatic heterocycles. The van der Waals surface area contributed by atoms with E-state index in [0.29, 0.717) is 22.7 Å². The molecule has 0 aliphatic heterocycles. The average Bonchev–Trinajstić information content (AvgIpc) is 3.21. The molecule has 2 aromatic carbocycles. The van der Waals surface area contributed by atoms with Gasteiger partial charge in [0.25, 0.3) is 0 Å². The molecule has 7 heteroatoms. The SMILES string of the molecule is COc1cnc2ccc([C@H](C)c3nnc4c(F)cc(-c5cc(C)cc(F)c5)cn34)cc2c1. The van der Waals surface area contributed by atoms with Gasteiger partial charge in [0, 0.05) is 23.1 Å². The Balaban J connectivity index is 1.62. The van der Waals surface area contributed by atoms with Crippen molar-refractivity contribution in [1.82, 2.24) is 19.6 Å². The molecule has 1 atom stereocenters. The van der Waals surface area contributed by atoms with Gasteiger partial charge < -0.3 is 4.74 Å². The van der Waals surface area contributed by atoms with Crippen LogP contribution in [0.25, 0.3) is 27.7 Å². The summed E-state index contributed by atoms with van der Waals surface area (Å²) in [6, 6.07) is 13.9. The Morgan fingerprint density at radius 3 is 2.59 bits per heavy atom. The Labute approximate surface area is 183 Å². The van der Waals surface area contributed by atoms with Gasteiger partial charge in [-0.15, -0.1) is 10.2 Å². The number of fused-ring (bicyclic) bond motifs is 2. The van der Waals surface area contributed by atoms with Crippen LogP contribution in [0.5, 0.6) is 5.75 Å². The Bertz CT molecular complexity index is 1460. The van der Waals surface area contributed by atoms with Gasteiger partial charge in [0.2, 0.25) is 0 Å². The highest BCUT2D eigenvalue weighted by molar-refractivity contribution is 5.80. The van der Waals surface area contributed by atoms with E-state index in [1.165, 1.54) is 18.2 Å². The van der Waals surface area contributed by atoms with Crippen molar-refractivity contribution in [2.75, 3.05) is 7.11 Å². The quantitative estimate of drug-likeness (QED) is 0.367. The lowest BCUT2D eigenvalue weighted by Gasteiger charge is -2.13. The van der Waals surface area contributed by atoms with Gasteiger partial charge in [-0.2, -0.15) is 0 Å². The summed E-state index contributed by atoms with van der Waals surface area (Å²) in [6.45, 7) is 3.79. The third-order valence-corrected chi connectivity index (χ3v) is 5.66. The first-order valence-corrected chi connectivity index (χ1v) is 10.2. The first kappa shape index (κ1) is 20.1. The molecule has 0 fully saturated rings. The maximum absolute atomic E-state index is 14.9. The second kappa shape index (κ2) is 7.67. The lowest BCUT2D eigenvalue weighted by molar-refractivity contribution is 0.414. The molecule has 0 bridgehead atoms. The number of rotatable bonds is 4. The highest BCUT2D eigenvalue weighted by Crippen LogP contribution is 2.30. The number of halogens is 2. The second-order valence-electron chi connectivity index (χ2n) is 7.89. The van der Waals surface area contributed by atoms with Crippen molar-refractivity contribution in [3.63, 3.8) is 0 Å². The fourth-order valence-corrected chi connectivity index (χ4v) is 3.99. The van der Waals surface area contributed by atoms with Crippen LogP contribution in [0.2, 0.25) is 0 Å². The van der Waals surface area contributed by atoms with Crippen molar-refractivity contribution >= 4 is 16.6 Å². The largest absolute Gasteiger partial charge is 0.495 e. The fraction of sp³-hybridized carbons (Fsp3) is 0.160. The third-order valence-electron chi connectivity index (χ3n) is 5.66. The minimum Gasteiger partial charge on any atom is -0.495 e. The first-order chi connectivity index (χ1) is 15.4. The van der Waals surface area contributed by atoms with Crippen LogP contribution in [0, 0.1) is 18.6 Å². The van der Waals surface area contributed by atoms with Gasteiger partial charge in [-0.3, -0.25) is 9.38 Å². The first-order valence-electron chi connectivity index (χ1n) is 10.2. The van der Waals surface area contributed by atoms with Crippen LogP contribution in [0.3, 0.4) is 0 Å². The summed E-state index contributed by atoms with van der Waals surface area (Å²) >= 11 is 0. The van der Waals surface area contributed by atoms with Crippen molar-refractivity contribution in [1.29, 1.82) is 0 Å². The molecular formula is C25H20F2N4O. The van der Waals surface area contributed by atoms with Crippen LogP contribution in [-0.2, 0) is 0 Å². The monoisotopic (exact) mass is 430 g/mol. The highest BCUT2D eigenvalue weighted by atomic mass is 19.1. The zero-order valence-corrected chi connectivity index (χ0v) is 17.8. The predicted octanol–water partition coefficient (Wildman–Crippen LogP) is 5.69. The van der Waals surface area contributed by atoms with Crippen molar-refractivity contribution in [3.05, 3.63) is 89.5 Å². The Hall–Kier alpha value is -3.87. The van der Waals surface area contributed by atoms with E-state index in [2.05, 4.69) is 15.2 Å². The average molecular weight is 430 g/mol. The zero-order chi connectivity index (χ0) is 22.4. The van der Waals surface area contributed by atoms with Crippen LogP contribution >= 0.6 is 0 Å². The van der Waals surface area contributed by atoms with E-state index < -0.39 is 5.82 Å². The van der Waals surface area contributed by atoms with E-state index in [1.54, 1.807) is 30.8 Å². The summed E-state index contributed by atoms with van der Waals surface area (Å²) in [4.78, 5) is 4.40. The summed E-state index contributed by atoms with van der Waals surface area (Å²) < 4.78 is 35.7. The predicted molar refractivity (Wildman–Crippen MR) is 119 cm³/mol. The number of aryl methyl sites for hydroxylation is 1. The lowest BCUT2D eigenvalue weighted by Crippen LogP contribution is -2.04. The molecule has 0 unspecified atom stereocenters. The maximum Gasteiger partial charge on any atom is 0.196 e. The summed E-state index contributed by atoms with van der Waals surface area (Å²) in [7, 11) is 1.60. The molecule has 0 aliphatic carbocycles. The van der Waals surface area contributed by atoms with E-state index >= 15 is 0 Å². The second-order valence-corrected chi connectivity index (χ2v) is 7.89. The van der Waals surface area contributed by atoms with E-state index in [4.69, 9.17) is 4.74 Å². The molecule has 3 heterocycles. The molecule has 32 heavy (non-hydrogen) atoms. The van der Waals surface area contributed by atoms with Crippen molar-refractivity contribution in [3.8, 4) is 16.9 Å². The molecule has 0 N–H and O–H groups in total. The lowest BCUT2D eigenvalue weighted by atomic mass is 9.98. The molecule has 5 aromatic rings. The molecule has 5 rings (SSSR count). The topological polar surface area (TPSA) is 52.3 Å². The van der Waals surface area contributed by atoms with Crippen molar-refractivity contribution in [2.45, 2.75) is 19.8 Å². The fourth-order valence-electron chi connectivity index (χ4n) is 3.99. The number of methoxy groups -OCH3 is 1. The summed E-state index contributed by atoms with van der Waals surface area (Å²) in [5.74, 6) is 0.210. The molecular weight excluding hydrogens is 410 g/mol. The van der Waals surface area contributed by atoms with Gasteiger partial charge in [-0.1, -0.05) is 19.1 Å². The standard InChI is InChI=1S/C25H20F2N4O/c1-14-6-17(9-20(26)7-14)19-11-22(27)25-30-29-24(31(25)13-19)15(2)16-4-5-23-18(8-16)10-21(32-3)12-28-23/h4-13,15H,1-3H3/t15-/m0/s1. The number of nitrogens with zero attached hydrogens (tertiary/aromatic N) is 4. The van der Waals surface area contributed by atoms with E-state index in [-0.39, 0.29) is 17.4 Å². The smallest absolute Gasteiger partial charge is 0.196 e. The summed E-state index contributed by atoms with van der Waals surface area (Å²) in [6.07, 6.45) is 3.43. The Kier molecular flexibility index (Phi) is 4.81. The Morgan fingerprint density at radius 2 is 1.81 bits per heavy atom. The number of ether oxygens (including phenoxy) is 1. The van der Waals surface area contributed by atoms with Crippen LogP contribution in [-0.4, -0.2) is 26.7 Å². The summed E-state index contributed by atoms with van der Waals surface area (Å²) in [5, 5.41) is 9.27. The van der Waals surface area contributed by atoms with Crippen LogP contribution in [0.4, 0.5) is 8.78 Å². The number of hydrogen-bond donors (Lipinski definition) is 0. The third kappa shape index (κ3) is 3.45. The van der Waals surface area contributed by atoms with E-state index in [0.717, 1.165) is 22.0 Å². The van der Waals surface area contributed by atoms with E-state index in [9.17, 15) is 8.78 Å².